The van der Waals surface area contributed by atoms with E-state index in [4.69, 9.17) is 9.47 Å². The average molecular weight is 451 g/mol. The monoisotopic (exact) mass is 450 g/mol. The van der Waals surface area contributed by atoms with Crippen LogP contribution in [0.5, 0.6) is 17.4 Å². The van der Waals surface area contributed by atoms with Crippen LogP contribution in [0.2, 0.25) is 0 Å². The van der Waals surface area contributed by atoms with Gasteiger partial charge in [-0.05, 0) is 69.1 Å². The smallest absolute Gasteiger partial charge is 0.219 e. The first kappa shape index (κ1) is 28.2. The lowest BCUT2D eigenvalue weighted by atomic mass is 10.1. The summed E-state index contributed by atoms with van der Waals surface area (Å²) < 4.78 is 10.9. The molecule has 0 aliphatic carbocycles. The van der Waals surface area contributed by atoms with Crippen LogP contribution in [-0.4, -0.2) is 30.1 Å². The van der Waals surface area contributed by atoms with E-state index in [0.717, 1.165) is 23.6 Å². The van der Waals surface area contributed by atoms with Gasteiger partial charge in [-0.25, -0.2) is 4.98 Å². The van der Waals surface area contributed by atoms with Crippen LogP contribution < -0.4 is 9.47 Å². The van der Waals surface area contributed by atoms with Crippen molar-refractivity contribution < 1.29 is 9.47 Å². The number of hydrogen-bond acceptors (Lipinski definition) is 4. The van der Waals surface area contributed by atoms with Gasteiger partial charge in [0.2, 0.25) is 5.88 Å². The first-order valence-electron chi connectivity index (χ1n) is 12.2. The lowest BCUT2D eigenvalue weighted by molar-refractivity contribution is 0.321. The molecule has 1 aliphatic heterocycles. The van der Waals surface area contributed by atoms with Crippen LogP contribution in [-0.2, 0) is 6.54 Å². The summed E-state index contributed by atoms with van der Waals surface area (Å²) in [5.41, 5.74) is 3.70. The predicted octanol–water partition coefficient (Wildman–Crippen LogP) is 7.83. The average Bonchev–Trinajstić information content (AvgIpc) is 3.38. The predicted molar refractivity (Wildman–Crippen MR) is 140 cm³/mol. The highest BCUT2D eigenvalue weighted by molar-refractivity contribution is 5.37. The Labute approximate surface area is 201 Å². The minimum atomic E-state index is 0.627. The largest absolute Gasteiger partial charge is 0.496 e. The second-order valence-corrected chi connectivity index (χ2v) is 7.39. The molecule has 0 amide bonds. The Kier molecular flexibility index (Phi) is 14.3. The number of benzene rings is 2. The number of para-hydroxylation sites is 1. The number of rotatable bonds is 5. The molecule has 4 rings (SSSR count). The van der Waals surface area contributed by atoms with E-state index in [2.05, 4.69) is 35.0 Å². The van der Waals surface area contributed by atoms with Crippen LogP contribution in [0.25, 0.3) is 0 Å². The van der Waals surface area contributed by atoms with Crippen LogP contribution in [0, 0.1) is 13.8 Å². The second-order valence-electron chi connectivity index (χ2n) is 7.39. The lowest BCUT2D eigenvalue weighted by Crippen LogP contribution is -2.18. The number of aryl methyl sites for hydroxylation is 2. The number of aromatic nitrogens is 1. The molecule has 2 aromatic carbocycles. The number of methoxy groups -OCH3 is 1. The molecule has 1 aliphatic rings. The molecule has 3 aromatic rings. The third-order valence-electron chi connectivity index (χ3n) is 4.89. The molecule has 1 aromatic heterocycles. The van der Waals surface area contributed by atoms with Crippen molar-refractivity contribution in [2.75, 3.05) is 20.2 Å². The van der Waals surface area contributed by atoms with Crippen molar-refractivity contribution in [2.24, 2.45) is 0 Å². The molecule has 0 bridgehead atoms. The maximum atomic E-state index is 5.52. The van der Waals surface area contributed by atoms with Crippen molar-refractivity contribution in [3.63, 3.8) is 0 Å². The van der Waals surface area contributed by atoms with E-state index in [0.29, 0.717) is 5.88 Å². The number of nitrogens with zero attached hydrogens (tertiary/aromatic N) is 2. The lowest BCUT2D eigenvalue weighted by Gasteiger charge is -2.17. The first-order chi connectivity index (χ1) is 16.1. The van der Waals surface area contributed by atoms with Crippen molar-refractivity contribution in [3.8, 4) is 17.4 Å². The van der Waals surface area contributed by atoms with E-state index in [1.807, 2.05) is 77.1 Å². The fraction of sp³-hybridized carbons (Fsp3) is 0.414. The normalized spacial score (nSPS) is 12.2. The quantitative estimate of drug-likeness (QED) is 0.396. The molecule has 1 saturated heterocycles. The maximum absolute atomic E-state index is 5.52. The Morgan fingerprint density at radius 1 is 0.818 bits per heavy atom. The highest BCUT2D eigenvalue weighted by atomic mass is 16.5. The highest BCUT2D eigenvalue weighted by Crippen LogP contribution is 2.23. The summed E-state index contributed by atoms with van der Waals surface area (Å²) in [6.07, 6.45) is 4.47. The van der Waals surface area contributed by atoms with Gasteiger partial charge in [0.25, 0.3) is 0 Å². The second kappa shape index (κ2) is 16.7. The summed E-state index contributed by atoms with van der Waals surface area (Å²) in [5, 5.41) is 0. The Morgan fingerprint density at radius 3 is 2.03 bits per heavy atom. The van der Waals surface area contributed by atoms with Gasteiger partial charge in [-0.15, -0.1) is 0 Å². The summed E-state index contributed by atoms with van der Waals surface area (Å²) >= 11 is 0. The molecule has 0 atom stereocenters. The molecule has 180 valence electrons. The molecule has 0 radical (unpaired) electrons. The van der Waals surface area contributed by atoms with Crippen LogP contribution in [0.4, 0.5) is 0 Å². The Hall–Kier alpha value is -2.85. The minimum absolute atomic E-state index is 0.627. The van der Waals surface area contributed by atoms with E-state index in [1.165, 1.54) is 37.1 Å². The van der Waals surface area contributed by atoms with Gasteiger partial charge in [-0.2, -0.15) is 0 Å². The summed E-state index contributed by atoms with van der Waals surface area (Å²) in [4.78, 5) is 6.64. The Balaban J connectivity index is 0.000000288. The number of likely N-dealkylation sites (tertiary alicyclic amines) is 1. The number of ether oxygens (including phenoxy) is 2. The summed E-state index contributed by atoms with van der Waals surface area (Å²) in [5.74, 6) is 2.47. The zero-order valence-electron chi connectivity index (χ0n) is 21.6. The Bertz CT molecular complexity index is 874. The zero-order chi connectivity index (χ0) is 24.5. The van der Waals surface area contributed by atoms with Gasteiger partial charge in [0.05, 0.1) is 7.11 Å². The van der Waals surface area contributed by atoms with Gasteiger partial charge in [0.1, 0.15) is 11.5 Å². The third kappa shape index (κ3) is 10.5. The van der Waals surface area contributed by atoms with Gasteiger partial charge >= 0.3 is 0 Å². The topological polar surface area (TPSA) is 34.6 Å². The molecular weight excluding hydrogens is 408 g/mol. The molecule has 1 fully saturated rings. The van der Waals surface area contributed by atoms with E-state index in [-0.39, 0.29) is 0 Å². The van der Waals surface area contributed by atoms with E-state index in [1.54, 1.807) is 13.3 Å². The highest BCUT2D eigenvalue weighted by Gasteiger charge is 2.13. The fourth-order valence-corrected chi connectivity index (χ4v) is 3.29. The van der Waals surface area contributed by atoms with Crippen LogP contribution in [0.15, 0.2) is 66.9 Å². The first-order valence-corrected chi connectivity index (χ1v) is 12.2. The van der Waals surface area contributed by atoms with E-state index in [9.17, 15) is 0 Å². The minimum Gasteiger partial charge on any atom is -0.496 e. The van der Waals surface area contributed by atoms with Gasteiger partial charge in [-0.1, -0.05) is 64.1 Å². The fourth-order valence-electron chi connectivity index (χ4n) is 3.29. The summed E-state index contributed by atoms with van der Waals surface area (Å²) in [7, 11) is 1.75. The van der Waals surface area contributed by atoms with Gasteiger partial charge in [0.15, 0.2) is 0 Å². The summed E-state index contributed by atoms with van der Waals surface area (Å²) in [6, 6.07) is 19.9. The van der Waals surface area contributed by atoms with Crippen molar-refractivity contribution in [1.29, 1.82) is 0 Å². The maximum Gasteiger partial charge on any atom is 0.219 e. The van der Waals surface area contributed by atoms with Crippen molar-refractivity contribution in [3.05, 3.63) is 83.6 Å². The third-order valence-corrected chi connectivity index (χ3v) is 4.89. The van der Waals surface area contributed by atoms with Crippen molar-refractivity contribution in [2.45, 2.75) is 60.9 Å². The molecule has 0 N–H and O–H groups in total. The summed E-state index contributed by atoms with van der Waals surface area (Å²) in [6.45, 7) is 15.6. The standard InChI is InChI=1S/C13H19NO.C12H11NO.2C2H6/c1-11-5-6-12(13(9-11)15-2)10-14-7-3-4-8-14;1-10-7-8-12(13-9-10)14-11-5-3-2-4-6-11;2*1-2/h5-6,9H,3-4,7-8,10H2,1-2H3;2-9H,1H3;2*1-2H3. The van der Waals surface area contributed by atoms with Gasteiger partial charge < -0.3 is 9.47 Å². The molecule has 0 spiro atoms. The van der Waals surface area contributed by atoms with E-state index < -0.39 is 0 Å². The molecule has 2 heterocycles. The molecular formula is C29H42N2O2. The molecule has 33 heavy (non-hydrogen) atoms. The van der Waals surface area contributed by atoms with E-state index >= 15 is 0 Å². The molecule has 0 unspecified atom stereocenters. The van der Waals surface area contributed by atoms with Gasteiger partial charge in [-0.3, -0.25) is 4.90 Å². The number of pyridine rings is 1. The van der Waals surface area contributed by atoms with Gasteiger partial charge in [0, 0.05) is 24.4 Å². The molecule has 0 saturated carbocycles. The number of hydrogen-bond donors (Lipinski definition) is 0. The van der Waals surface area contributed by atoms with Crippen LogP contribution >= 0.6 is 0 Å². The SMILES string of the molecule is CC.CC.COc1cc(C)ccc1CN1CCCC1.Cc1ccc(Oc2ccccc2)nc1. The van der Waals surface area contributed by atoms with Crippen molar-refractivity contribution in [1.82, 2.24) is 9.88 Å². The van der Waals surface area contributed by atoms with Crippen LogP contribution in [0.3, 0.4) is 0 Å². The van der Waals surface area contributed by atoms with Crippen LogP contribution in [0.1, 0.15) is 57.2 Å². The molecule has 4 nitrogen and oxygen atoms in total. The van der Waals surface area contributed by atoms with Crippen molar-refractivity contribution >= 4 is 0 Å². The Morgan fingerprint density at radius 2 is 1.45 bits per heavy atom. The zero-order valence-corrected chi connectivity index (χ0v) is 21.6. The molecule has 4 heteroatoms.